The second-order valence-corrected chi connectivity index (χ2v) is 9.90. The van der Waals surface area contributed by atoms with Crippen LogP contribution in [0.3, 0.4) is 0 Å². The van der Waals surface area contributed by atoms with Crippen LogP contribution in [0.1, 0.15) is 0 Å². The Bertz CT molecular complexity index is 1180. The lowest BCUT2D eigenvalue weighted by atomic mass is 10.3. The monoisotopic (exact) mass is 472 g/mol. The van der Waals surface area contributed by atoms with E-state index in [0.717, 1.165) is 14.1 Å². The number of carbonyl (C=O) groups is 1. The van der Waals surface area contributed by atoms with Crippen molar-refractivity contribution < 1.29 is 22.7 Å². The van der Waals surface area contributed by atoms with E-state index in [-0.39, 0.29) is 11.4 Å². The van der Waals surface area contributed by atoms with Crippen LogP contribution in [-0.4, -0.2) is 46.4 Å². The van der Waals surface area contributed by atoms with Crippen molar-refractivity contribution in [3.63, 3.8) is 0 Å². The first kappa shape index (κ1) is 23.6. The summed E-state index contributed by atoms with van der Waals surface area (Å²) in [6, 6.07) is 21.5. The Hall–Kier alpha value is -3.01. The number of benzene rings is 3. The number of nitrogens with one attached hydrogen (secondary N) is 1. The van der Waals surface area contributed by atoms with Gasteiger partial charge in [-0.25, -0.2) is 8.42 Å². The Morgan fingerprint density at radius 1 is 0.938 bits per heavy atom. The summed E-state index contributed by atoms with van der Waals surface area (Å²) in [5.41, 5.74) is 0.614. The minimum absolute atomic E-state index is 0.00508. The number of para-hydroxylation sites is 1. The predicted octanol–water partition coefficient (Wildman–Crippen LogP) is 4.11. The van der Waals surface area contributed by atoms with E-state index in [9.17, 15) is 13.2 Å². The first-order valence-electron chi connectivity index (χ1n) is 9.65. The SMILES string of the molecule is COc1ccc(S(=O)(=O)N(C)CC(=O)Nc2ccccc2Sc2ccccc2)cc1OC. The van der Waals surface area contributed by atoms with Gasteiger partial charge in [0.1, 0.15) is 0 Å². The summed E-state index contributed by atoms with van der Waals surface area (Å²) in [6.45, 7) is -0.346. The number of hydrogen-bond donors (Lipinski definition) is 1. The van der Waals surface area contributed by atoms with E-state index in [2.05, 4.69) is 5.32 Å². The van der Waals surface area contributed by atoms with E-state index in [4.69, 9.17) is 9.47 Å². The molecule has 0 atom stereocenters. The highest BCUT2D eigenvalue weighted by molar-refractivity contribution is 7.99. The fourth-order valence-electron chi connectivity index (χ4n) is 2.91. The number of anilines is 1. The molecule has 0 aliphatic rings. The smallest absolute Gasteiger partial charge is 0.243 e. The minimum atomic E-state index is -3.91. The molecule has 0 radical (unpaired) electrons. The molecule has 0 saturated heterocycles. The van der Waals surface area contributed by atoms with Crippen LogP contribution in [0.4, 0.5) is 5.69 Å². The van der Waals surface area contributed by atoms with Gasteiger partial charge in [0.05, 0.1) is 31.3 Å². The third-order valence-electron chi connectivity index (χ3n) is 4.56. The van der Waals surface area contributed by atoms with Gasteiger partial charge >= 0.3 is 0 Å². The van der Waals surface area contributed by atoms with Crippen molar-refractivity contribution in [2.45, 2.75) is 14.7 Å². The summed E-state index contributed by atoms with van der Waals surface area (Å²) >= 11 is 1.51. The van der Waals surface area contributed by atoms with E-state index in [1.54, 1.807) is 6.07 Å². The molecule has 168 valence electrons. The van der Waals surface area contributed by atoms with Crippen LogP contribution >= 0.6 is 11.8 Å². The molecule has 0 fully saturated rings. The van der Waals surface area contributed by atoms with Gasteiger partial charge in [-0.05, 0) is 36.4 Å². The van der Waals surface area contributed by atoms with Gasteiger partial charge in [-0.3, -0.25) is 4.79 Å². The lowest BCUT2D eigenvalue weighted by Crippen LogP contribution is -2.35. The van der Waals surface area contributed by atoms with Gasteiger partial charge in [0.25, 0.3) is 0 Å². The molecule has 3 rings (SSSR count). The van der Waals surface area contributed by atoms with E-state index in [1.807, 2.05) is 48.5 Å². The van der Waals surface area contributed by atoms with E-state index in [1.165, 1.54) is 51.2 Å². The van der Waals surface area contributed by atoms with Crippen LogP contribution in [0, 0.1) is 0 Å². The minimum Gasteiger partial charge on any atom is -0.493 e. The van der Waals surface area contributed by atoms with Gasteiger partial charge in [-0.2, -0.15) is 4.31 Å². The summed E-state index contributed by atoms with van der Waals surface area (Å²) in [5, 5.41) is 2.82. The molecule has 1 N–H and O–H groups in total. The Labute approximate surface area is 192 Å². The highest BCUT2D eigenvalue weighted by Crippen LogP contribution is 2.33. The quantitative estimate of drug-likeness (QED) is 0.504. The molecule has 7 nitrogen and oxygen atoms in total. The molecule has 3 aromatic carbocycles. The van der Waals surface area contributed by atoms with Gasteiger partial charge in [0.15, 0.2) is 11.5 Å². The van der Waals surface area contributed by atoms with Gasteiger partial charge in [-0.15, -0.1) is 0 Å². The number of carbonyl (C=O) groups excluding carboxylic acids is 1. The van der Waals surface area contributed by atoms with Crippen LogP contribution in [0.25, 0.3) is 0 Å². The van der Waals surface area contributed by atoms with Gasteiger partial charge in [0, 0.05) is 22.9 Å². The largest absolute Gasteiger partial charge is 0.493 e. The molecule has 9 heteroatoms. The normalized spacial score (nSPS) is 11.2. The summed E-state index contributed by atoms with van der Waals surface area (Å²) in [4.78, 5) is 14.6. The lowest BCUT2D eigenvalue weighted by molar-refractivity contribution is -0.116. The average Bonchev–Trinajstić information content (AvgIpc) is 2.80. The summed E-state index contributed by atoms with van der Waals surface area (Å²) in [7, 11) is 0.342. The third kappa shape index (κ3) is 5.61. The first-order chi connectivity index (χ1) is 15.3. The number of rotatable bonds is 9. The highest BCUT2D eigenvalue weighted by Gasteiger charge is 2.24. The van der Waals surface area contributed by atoms with Gasteiger partial charge < -0.3 is 14.8 Å². The van der Waals surface area contributed by atoms with E-state index in [0.29, 0.717) is 17.2 Å². The van der Waals surface area contributed by atoms with Crippen molar-refractivity contribution in [3.05, 3.63) is 72.8 Å². The number of hydrogen-bond acceptors (Lipinski definition) is 6. The molecule has 0 saturated carbocycles. The molecule has 0 spiro atoms. The zero-order valence-corrected chi connectivity index (χ0v) is 19.6. The molecule has 32 heavy (non-hydrogen) atoms. The number of nitrogens with zero attached hydrogens (tertiary/aromatic N) is 1. The van der Waals surface area contributed by atoms with E-state index >= 15 is 0 Å². The number of methoxy groups -OCH3 is 2. The second kappa shape index (κ2) is 10.5. The zero-order valence-electron chi connectivity index (χ0n) is 17.9. The third-order valence-corrected chi connectivity index (χ3v) is 7.44. The first-order valence-corrected chi connectivity index (χ1v) is 11.9. The molecule has 3 aromatic rings. The van der Waals surface area contributed by atoms with Crippen molar-refractivity contribution in [1.29, 1.82) is 0 Å². The van der Waals surface area contributed by atoms with E-state index < -0.39 is 15.9 Å². The summed E-state index contributed by atoms with van der Waals surface area (Å²) in [5.74, 6) is 0.260. The molecule has 0 heterocycles. The molecular weight excluding hydrogens is 448 g/mol. The fourth-order valence-corrected chi connectivity index (χ4v) is 4.97. The molecular formula is C23H24N2O5S2. The average molecular weight is 473 g/mol. The van der Waals surface area contributed by atoms with Crippen molar-refractivity contribution in [1.82, 2.24) is 4.31 Å². The second-order valence-electron chi connectivity index (χ2n) is 6.74. The fraction of sp³-hybridized carbons (Fsp3) is 0.174. The standard InChI is InChI=1S/C23H24N2O5S2/c1-25(32(27,28)18-13-14-20(29-2)21(15-18)30-3)16-23(26)24-19-11-7-8-12-22(19)31-17-9-5-4-6-10-17/h4-15H,16H2,1-3H3,(H,24,26). The molecule has 0 aliphatic heterocycles. The van der Waals surface area contributed by atoms with Gasteiger partial charge in [-0.1, -0.05) is 42.1 Å². The maximum absolute atomic E-state index is 12.9. The van der Waals surface area contributed by atoms with Crippen LogP contribution in [0.5, 0.6) is 11.5 Å². The molecule has 0 aromatic heterocycles. The molecule has 0 aliphatic carbocycles. The van der Waals surface area contributed by atoms with Crippen molar-refractivity contribution in [2.75, 3.05) is 33.1 Å². The predicted molar refractivity (Wildman–Crippen MR) is 125 cm³/mol. The Kier molecular flexibility index (Phi) is 7.79. The van der Waals surface area contributed by atoms with Crippen molar-refractivity contribution >= 4 is 33.4 Å². The zero-order chi connectivity index (χ0) is 23.1. The van der Waals surface area contributed by atoms with Crippen LogP contribution in [-0.2, 0) is 14.8 Å². The van der Waals surface area contributed by atoms with Crippen LogP contribution in [0.15, 0.2) is 87.5 Å². The molecule has 0 bridgehead atoms. The van der Waals surface area contributed by atoms with Crippen LogP contribution < -0.4 is 14.8 Å². The number of sulfonamides is 1. The summed E-state index contributed by atoms with van der Waals surface area (Å²) in [6.07, 6.45) is 0. The topological polar surface area (TPSA) is 84.9 Å². The Morgan fingerprint density at radius 2 is 1.59 bits per heavy atom. The number of amides is 1. The molecule has 0 unspecified atom stereocenters. The summed E-state index contributed by atoms with van der Waals surface area (Å²) < 4.78 is 37.2. The maximum Gasteiger partial charge on any atom is 0.243 e. The van der Waals surface area contributed by atoms with Gasteiger partial charge in [0.2, 0.25) is 15.9 Å². The van der Waals surface area contributed by atoms with Crippen molar-refractivity contribution in [3.8, 4) is 11.5 Å². The Balaban J connectivity index is 1.73. The van der Waals surface area contributed by atoms with Crippen LogP contribution in [0.2, 0.25) is 0 Å². The maximum atomic E-state index is 12.9. The highest BCUT2D eigenvalue weighted by atomic mass is 32.2. The van der Waals surface area contributed by atoms with Crippen molar-refractivity contribution in [2.24, 2.45) is 0 Å². The Morgan fingerprint density at radius 3 is 2.28 bits per heavy atom. The number of likely N-dealkylation sites (N-methyl/N-ethyl adjacent to an activating group) is 1. The number of ether oxygens (including phenoxy) is 2. The lowest BCUT2D eigenvalue weighted by Gasteiger charge is -2.18. The molecule has 1 amide bonds.